The standard InChI is InChI=1S/C14H11B2Cl3O3/c17-14(18,19)13-20-15(11-7-3-1-4-8-11)22-16(21-13)12-9-5-2-6-10-12/h1-10,13H. The van der Waals surface area contributed by atoms with Crippen LogP contribution >= 0.6 is 34.8 Å². The lowest BCUT2D eigenvalue weighted by Crippen LogP contribution is -2.59. The summed E-state index contributed by atoms with van der Waals surface area (Å²) in [5.41, 5.74) is 1.65. The van der Waals surface area contributed by atoms with Crippen molar-refractivity contribution in [2.24, 2.45) is 0 Å². The van der Waals surface area contributed by atoms with Crippen molar-refractivity contribution < 1.29 is 13.9 Å². The molecule has 112 valence electrons. The molecule has 0 radical (unpaired) electrons. The van der Waals surface area contributed by atoms with Crippen molar-refractivity contribution in [2.45, 2.75) is 10.1 Å². The van der Waals surface area contributed by atoms with Crippen molar-refractivity contribution in [1.82, 2.24) is 0 Å². The van der Waals surface area contributed by atoms with Gasteiger partial charge in [-0.3, -0.25) is 0 Å². The third-order valence-corrected chi connectivity index (χ3v) is 3.69. The summed E-state index contributed by atoms with van der Waals surface area (Å²) >= 11 is 17.8. The molecule has 22 heavy (non-hydrogen) atoms. The van der Waals surface area contributed by atoms with Crippen molar-refractivity contribution in [3.63, 3.8) is 0 Å². The fourth-order valence-corrected chi connectivity index (χ4v) is 2.43. The van der Waals surface area contributed by atoms with E-state index in [1.54, 1.807) is 0 Å². The summed E-state index contributed by atoms with van der Waals surface area (Å²) in [6, 6.07) is 18.9. The Morgan fingerprint density at radius 1 is 0.727 bits per heavy atom. The van der Waals surface area contributed by atoms with Crippen molar-refractivity contribution in [3.05, 3.63) is 60.7 Å². The molecular formula is C14H11B2Cl3O3. The van der Waals surface area contributed by atoms with E-state index in [1.807, 2.05) is 60.7 Å². The molecule has 2 aromatic rings. The van der Waals surface area contributed by atoms with E-state index in [0.717, 1.165) is 10.9 Å². The molecule has 3 rings (SSSR count). The average Bonchev–Trinajstić information content (AvgIpc) is 2.55. The fourth-order valence-electron chi connectivity index (χ4n) is 2.12. The highest BCUT2D eigenvalue weighted by molar-refractivity contribution is 6.76. The third kappa shape index (κ3) is 3.80. The van der Waals surface area contributed by atoms with Gasteiger partial charge in [0.15, 0.2) is 6.29 Å². The monoisotopic (exact) mass is 354 g/mol. The number of benzene rings is 2. The van der Waals surface area contributed by atoms with Crippen LogP contribution in [0.25, 0.3) is 0 Å². The number of rotatable bonds is 2. The topological polar surface area (TPSA) is 27.7 Å². The minimum atomic E-state index is -1.72. The third-order valence-electron chi connectivity index (χ3n) is 3.15. The van der Waals surface area contributed by atoms with Crippen LogP contribution in [-0.4, -0.2) is 24.3 Å². The lowest BCUT2D eigenvalue weighted by atomic mass is 9.69. The Bertz CT molecular complexity index is 562. The van der Waals surface area contributed by atoms with Gasteiger partial charge in [0.25, 0.3) is 0 Å². The van der Waals surface area contributed by atoms with Crippen LogP contribution in [0.4, 0.5) is 0 Å². The van der Waals surface area contributed by atoms with Crippen LogP contribution in [0, 0.1) is 0 Å². The SMILES string of the molecule is ClC(Cl)(Cl)C1OB(c2ccccc2)OB(c2ccccc2)O1. The number of halogens is 3. The fraction of sp³-hybridized carbons (Fsp3) is 0.143. The summed E-state index contributed by atoms with van der Waals surface area (Å²) in [6.45, 7) is 0. The number of hydrogen-bond acceptors (Lipinski definition) is 3. The van der Waals surface area contributed by atoms with Crippen LogP contribution in [0.15, 0.2) is 60.7 Å². The molecular weight excluding hydrogens is 344 g/mol. The van der Waals surface area contributed by atoms with Crippen LogP contribution in [0.2, 0.25) is 0 Å². The molecule has 0 saturated carbocycles. The number of alkyl halides is 3. The maximum absolute atomic E-state index is 5.94. The van der Waals surface area contributed by atoms with Gasteiger partial charge in [-0.05, 0) is 10.9 Å². The van der Waals surface area contributed by atoms with Crippen molar-refractivity contribution in [2.75, 3.05) is 0 Å². The molecule has 0 N–H and O–H groups in total. The van der Waals surface area contributed by atoms with E-state index >= 15 is 0 Å². The van der Waals surface area contributed by atoms with E-state index in [-0.39, 0.29) is 0 Å². The van der Waals surface area contributed by atoms with Gasteiger partial charge in [-0.25, -0.2) is 0 Å². The highest BCUT2D eigenvalue weighted by atomic mass is 35.6. The zero-order valence-corrected chi connectivity index (χ0v) is 13.6. The van der Waals surface area contributed by atoms with E-state index < -0.39 is 24.3 Å². The molecule has 3 nitrogen and oxygen atoms in total. The summed E-state index contributed by atoms with van der Waals surface area (Å²) < 4.78 is 15.4. The molecule has 0 spiro atoms. The molecule has 0 aliphatic carbocycles. The van der Waals surface area contributed by atoms with Crippen LogP contribution in [0.3, 0.4) is 0 Å². The molecule has 0 aromatic heterocycles. The van der Waals surface area contributed by atoms with Gasteiger partial charge in [0, 0.05) is 0 Å². The molecule has 0 unspecified atom stereocenters. The first-order valence-corrected chi connectivity index (χ1v) is 7.80. The van der Waals surface area contributed by atoms with Crippen LogP contribution in [0.1, 0.15) is 0 Å². The Labute approximate surface area is 144 Å². The van der Waals surface area contributed by atoms with Crippen LogP contribution < -0.4 is 10.9 Å². The summed E-state index contributed by atoms with van der Waals surface area (Å²) in [5.74, 6) is 0. The maximum Gasteiger partial charge on any atom is 0.482 e. The lowest BCUT2D eigenvalue weighted by Gasteiger charge is -2.36. The predicted octanol–water partition coefficient (Wildman–Crippen LogP) is 2.54. The predicted molar refractivity (Wildman–Crippen MR) is 91.0 cm³/mol. The summed E-state index contributed by atoms with van der Waals surface area (Å²) in [4.78, 5) is 0. The van der Waals surface area contributed by atoms with Gasteiger partial charge in [-0.15, -0.1) is 0 Å². The van der Waals surface area contributed by atoms with E-state index in [0.29, 0.717) is 0 Å². The van der Waals surface area contributed by atoms with E-state index in [4.69, 9.17) is 48.7 Å². The first kappa shape index (κ1) is 16.2. The van der Waals surface area contributed by atoms with E-state index in [9.17, 15) is 0 Å². The molecule has 1 fully saturated rings. The van der Waals surface area contributed by atoms with Crippen molar-refractivity contribution in [3.8, 4) is 0 Å². The average molecular weight is 355 g/mol. The van der Waals surface area contributed by atoms with Gasteiger partial charge in [0.2, 0.25) is 3.79 Å². The highest BCUT2D eigenvalue weighted by Crippen LogP contribution is 2.35. The van der Waals surface area contributed by atoms with E-state index in [1.165, 1.54) is 0 Å². The van der Waals surface area contributed by atoms with Gasteiger partial charge in [0.05, 0.1) is 0 Å². The molecule has 0 amide bonds. The first-order valence-electron chi connectivity index (χ1n) is 6.67. The zero-order valence-electron chi connectivity index (χ0n) is 11.4. The normalized spacial score (nSPS) is 16.9. The second-order valence-corrected chi connectivity index (χ2v) is 7.14. The Morgan fingerprint density at radius 3 is 1.50 bits per heavy atom. The zero-order chi connectivity index (χ0) is 15.6. The lowest BCUT2D eigenvalue weighted by molar-refractivity contribution is -0.0392. The summed E-state index contributed by atoms with van der Waals surface area (Å²) in [5, 5.41) is 0. The largest absolute Gasteiger partial charge is 0.482 e. The molecule has 0 bridgehead atoms. The maximum atomic E-state index is 5.94. The number of hydrogen-bond donors (Lipinski definition) is 0. The second-order valence-electron chi connectivity index (χ2n) is 4.77. The Kier molecular flexibility index (Phi) is 5.03. The highest BCUT2D eigenvalue weighted by Gasteiger charge is 2.47. The van der Waals surface area contributed by atoms with Crippen LogP contribution in [0.5, 0.6) is 0 Å². The van der Waals surface area contributed by atoms with Gasteiger partial charge in [-0.2, -0.15) is 0 Å². The minimum Gasteiger partial charge on any atom is -0.443 e. The van der Waals surface area contributed by atoms with Crippen molar-refractivity contribution >= 4 is 60.0 Å². The molecule has 1 aliphatic rings. The van der Waals surface area contributed by atoms with Gasteiger partial charge in [-0.1, -0.05) is 95.5 Å². The smallest absolute Gasteiger partial charge is 0.443 e. The molecule has 1 heterocycles. The summed E-state index contributed by atoms with van der Waals surface area (Å²) in [6.07, 6.45) is -1.04. The van der Waals surface area contributed by atoms with Gasteiger partial charge >= 0.3 is 14.2 Å². The molecule has 2 aromatic carbocycles. The first-order chi connectivity index (χ1) is 10.5. The molecule has 1 aliphatic heterocycles. The van der Waals surface area contributed by atoms with Gasteiger partial charge < -0.3 is 13.9 Å². The minimum absolute atomic E-state index is 0.680. The summed E-state index contributed by atoms with van der Waals surface area (Å²) in [7, 11) is -1.36. The quantitative estimate of drug-likeness (QED) is 0.612. The Morgan fingerprint density at radius 2 is 1.14 bits per heavy atom. The van der Waals surface area contributed by atoms with E-state index in [2.05, 4.69) is 0 Å². The van der Waals surface area contributed by atoms with Crippen LogP contribution in [-0.2, 0) is 13.9 Å². The second kappa shape index (κ2) is 6.83. The van der Waals surface area contributed by atoms with Gasteiger partial charge in [0.1, 0.15) is 0 Å². The molecule has 1 saturated heterocycles. The van der Waals surface area contributed by atoms with Crippen molar-refractivity contribution in [1.29, 1.82) is 0 Å². The molecule has 8 heteroatoms. The Hall–Kier alpha value is -0.680. The Balaban J connectivity index is 1.89. The molecule has 0 atom stereocenters.